The number of hydrogen-bond acceptors (Lipinski definition) is 4. The van der Waals surface area contributed by atoms with Crippen molar-refractivity contribution in [3.8, 4) is 11.3 Å². The molecular weight excluding hydrogens is 272 g/mol. The summed E-state index contributed by atoms with van der Waals surface area (Å²) in [7, 11) is 1.53. The highest BCUT2D eigenvalue weighted by atomic mass is 16.5. The number of benzene rings is 1. The number of aryl methyl sites for hydroxylation is 1. The number of rotatable bonds is 5. The van der Waals surface area contributed by atoms with E-state index in [1.165, 1.54) is 11.9 Å². The SMILES string of the molecule is Cc1ccc(-c2cc(C(=O)N(C)CCC(=O)O)on2)cc1. The van der Waals surface area contributed by atoms with Crippen molar-refractivity contribution in [2.75, 3.05) is 13.6 Å². The number of nitrogens with zero attached hydrogens (tertiary/aromatic N) is 2. The second-order valence-electron chi connectivity index (χ2n) is 4.81. The molecule has 0 aliphatic heterocycles. The van der Waals surface area contributed by atoms with Crippen molar-refractivity contribution in [1.29, 1.82) is 0 Å². The van der Waals surface area contributed by atoms with Crippen molar-refractivity contribution in [3.63, 3.8) is 0 Å². The Balaban J connectivity index is 2.10. The number of carboxylic acids is 1. The summed E-state index contributed by atoms with van der Waals surface area (Å²) in [6, 6.07) is 9.25. The number of aliphatic carboxylic acids is 1. The Kier molecular flexibility index (Phi) is 4.37. The first-order valence-corrected chi connectivity index (χ1v) is 6.48. The standard InChI is InChI=1S/C15H16N2O4/c1-10-3-5-11(6-4-10)12-9-13(21-16-12)15(20)17(2)8-7-14(18)19/h3-6,9H,7-8H2,1-2H3,(H,18,19). The van der Waals surface area contributed by atoms with Gasteiger partial charge < -0.3 is 14.5 Å². The van der Waals surface area contributed by atoms with Gasteiger partial charge >= 0.3 is 5.97 Å². The van der Waals surface area contributed by atoms with Crippen molar-refractivity contribution in [3.05, 3.63) is 41.7 Å². The van der Waals surface area contributed by atoms with Gasteiger partial charge in [0.1, 0.15) is 5.69 Å². The van der Waals surface area contributed by atoms with Gasteiger partial charge in [0, 0.05) is 25.2 Å². The lowest BCUT2D eigenvalue weighted by Gasteiger charge is -2.13. The van der Waals surface area contributed by atoms with E-state index in [0.29, 0.717) is 5.69 Å². The molecule has 1 amide bonds. The molecule has 0 unspecified atom stereocenters. The number of carbonyl (C=O) groups excluding carboxylic acids is 1. The van der Waals surface area contributed by atoms with Gasteiger partial charge in [0.15, 0.2) is 0 Å². The lowest BCUT2D eigenvalue weighted by Crippen LogP contribution is -2.28. The van der Waals surface area contributed by atoms with Crippen molar-refractivity contribution in [2.45, 2.75) is 13.3 Å². The predicted molar refractivity (Wildman–Crippen MR) is 75.9 cm³/mol. The summed E-state index contributed by atoms with van der Waals surface area (Å²) in [5, 5.41) is 12.5. The number of carbonyl (C=O) groups is 2. The van der Waals surface area contributed by atoms with E-state index in [-0.39, 0.29) is 24.6 Å². The third-order valence-electron chi connectivity index (χ3n) is 3.08. The van der Waals surface area contributed by atoms with E-state index >= 15 is 0 Å². The summed E-state index contributed by atoms with van der Waals surface area (Å²) >= 11 is 0. The molecule has 0 fully saturated rings. The van der Waals surface area contributed by atoms with E-state index in [4.69, 9.17) is 9.63 Å². The zero-order chi connectivity index (χ0) is 15.4. The van der Waals surface area contributed by atoms with Gasteiger partial charge in [0.2, 0.25) is 5.76 Å². The monoisotopic (exact) mass is 288 g/mol. The largest absolute Gasteiger partial charge is 0.481 e. The highest BCUT2D eigenvalue weighted by molar-refractivity contribution is 5.92. The molecule has 0 atom stereocenters. The molecule has 0 saturated heterocycles. The molecule has 1 aromatic heterocycles. The van der Waals surface area contributed by atoms with Crippen molar-refractivity contribution >= 4 is 11.9 Å². The van der Waals surface area contributed by atoms with E-state index < -0.39 is 5.97 Å². The van der Waals surface area contributed by atoms with Crippen molar-refractivity contribution in [2.24, 2.45) is 0 Å². The number of amides is 1. The molecule has 0 aliphatic carbocycles. The lowest BCUT2D eigenvalue weighted by atomic mass is 10.1. The van der Waals surface area contributed by atoms with E-state index in [9.17, 15) is 9.59 Å². The number of carboxylic acid groups (broad SMARTS) is 1. The molecule has 2 rings (SSSR count). The van der Waals surface area contributed by atoms with Crippen LogP contribution in [0.25, 0.3) is 11.3 Å². The van der Waals surface area contributed by atoms with Crippen LogP contribution in [-0.4, -0.2) is 40.6 Å². The Morgan fingerprint density at radius 1 is 1.29 bits per heavy atom. The minimum absolute atomic E-state index is 0.0958. The molecular formula is C15H16N2O4. The highest BCUT2D eigenvalue weighted by Gasteiger charge is 2.18. The zero-order valence-corrected chi connectivity index (χ0v) is 11.9. The minimum atomic E-state index is -0.951. The molecule has 0 aliphatic rings. The summed E-state index contributed by atoms with van der Waals surface area (Å²) in [4.78, 5) is 23.9. The van der Waals surface area contributed by atoms with Gasteiger partial charge in [-0.05, 0) is 6.92 Å². The fourth-order valence-corrected chi connectivity index (χ4v) is 1.79. The Bertz CT molecular complexity index is 646. The molecule has 0 radical (unpaired) electrons. The van der Waals surface area contributed by atoms with Gasteiger partial charge in [-0.1, -0.05) is 35.0 Å². The van der Waals surface area contributed by atoms with Crippen molar-refractivity contribution < 1.29 is 19.2 Å². The summed E-state index contributed by atoms with van der Waals surface area (Å²) in [6.07, 6.45) is -0.110. The third kappa shape index (κ3) is 3.68. The van der Waals surface area contributed by atoms with Crippen LogP contribution in [0.1, 0.15) is 22.5 Å². The first-order chi connectivity index (χ1) is 9.97. The fourth-order valence-electron chi connectivity index (χ4n) is 1.79. The first kappa shape index (κ1) is 14.8. The van der Waals surface area contributed by atoms with Crippen LogP contribution >= 0.6 is 0 Å². The second-order valence-corrected chi connectivity index (χ2v) is 4.81. The molecule has 21 heavy (non-hydrogen) atoms. The number of hydrogen-bond donors (Lipinski definition) is 1. The van der Waals surface area contributed by atoms with E-state index in [0.717, 1.165) is 11.1 Å². The Labute approximate surface area is 122 Å². The second kappa shape index (κ2) is 6.21. The summed E-state index contributed by atoms with van der Waals surface area (Å²) in [5.74, 6) is -1.24. The van der Waals surface area contributed by atoms with Crippen LogP contribution in [-0.2, 0) is 4.79 Å². The molecule has 110 valence electrons. The average molecular weight is 288 g/mol. The fraction of sp³-hybridized carbons (Fsp3) is 0.267. The molecule has 1 heterocycles. The lowest BCUT2D eigenvalue weighted by molar-refractivity contribution is -0.137. The topological polar surface area (TPSA) is 83.6 Å². The molecule has 1 aromatic carbocycles. The van der Waals surface area contributed by atoms with E-state index in [2.05, 4.69) is 5.16 Å². The normalized spacial score (nSPS) is 10.4. The van der Waals surface area contributed by atoms with E-state index in [1.807, 2.05) is 31.2 Å². The smallest absolute Gasteiger partial charge is 0.305 e. The minimum Gasteiger partial charge on any atom is -0.481 e. The molecule has 0 bridgehead atoms. The summed E-state index contributed by atoms with van der Waals surface area (Å²) < 4.78 is 5.05. The Morgan fingerprint density at radius 3 is 2.57 bits per heavy atom. The van der Waals surface area contributed by atoms with Gasteiger partial charge in [0.25, 0.3) is 5.91 Å². The summed E-state index contributed by atoms with van der Waals surface area (Å²) in [5.41, 5.74) is 2.56. The maximum Gasteiger partial charge on any atom is 0.305 e. The van der Waals surface area contributed by atoms with Gasteiger partial charge in [0.05, 0.1) is 6.42 Å². The predicted octanol–water partition coefficient (Wildman–Crippen LogP) is 2.20. The van der Waals surface area contributed by atoms with Crippen LogP contribution in [0.15, 0.2) is 34.9 Å². The zero-order valence-electron chi connectivity index (χ0n) is 11.9. The Hall–Kier alpha value is -2.63. The van der Waals surface area contributed by atoms with Crippen LogP contribution in [0.5, 0.6) is 0 Å². The highest BCUT2D eigenvalue weighted by Crippen LogP contribution is 2.20. The van der Waals surface area contributed by atoms with Crippen molar-refractivity contribution in [1.82, 2.24) is 10.1 Å². The maximum absolute atomic E-state index is 12.1. The van der Waals surface area contributed by atoms with Gasteiger partial charge in [-0.25, -0.2) is 0 Å². The molecule has 1 N–H and O–H groups in total. The van der Waals surface area contributed by atoms with E-state index in [1.54, 1.807) is 6.07 Å². The quantitative estimate of drug-likeness (QED) is 0.911. The maximum atomic E-state index is 12.1. The third-order valence-corrected chi connectivity index (χ3v) is 3.08. The van der Waals surface area contributed by atoms with Crippen LogP contribution in [0.2, 0.25) is 0 Å². The molecule has 6 heteroatoms. The van der Waals surface area contributed by atoms with Crippen LogP contribution in [0, 0.1) is 6.92 Å². The molecule has 0 spiro atoms. The van der Waals surface area contributed by atoms with Gasteiger partial charge in [-0.3, -0.25) is 9.59 Å². The Morgan fingerprint density at radius 2 is 1.95 bits per heavy atom. The van der Waals surface area contributed by atoms with Gasteiger partial charge in [-0.15, -0.1) is 0 Å². The summed E-state index contributed by atoms with van der Waals surface area (Å²) in [6.45, 7) is 2.10. The molecule has 2 aromatic rings. The number of aromatic nitrogens is 1. The average Bonchev–Trinajstić information content (AvgIpc) is 2.94. The van der Waals surface area contributed by atoms with Crippen LogP contribution in [0.4, 0.5) is 0 Å². The molecule has 6 nitrogen and oxygen atoms in total. The molecule has 0 saturated carbocycles. The van der Waals surface area contributed by atoms with Crippen LogP contribution in [0.3, 0.4) is 0 Å². The first-order valence-electron chi connectivity index (χ1n) is 6.48. The van der Waals surface area contributed by atoms with Gasteiger partial charge in [-0.2, -0.15) is 0 Å². The van der Waals surface area contributed by atoms with Crippen LogP contribution < -0.4 is 0 Å².